The Hall–Kier alpha value is -5.07. The lowest BCUT2D eigenvalue weighted by atomic mass is 9.91. The number of hydrogen-bond donors (Lipinski definition) is 1. The zero-order valence-corrected chi connectivity index (χ0v) is 31.8. The third kappa shape index (κ3) is 5.65. The van der Waals surface area contributed by atoms with Crippen LogP contribution in [-0.2, 0) is 0 Å². The molecule has 6 aromatic carbocycles. The summed E-state index contributed by atoms with van der Waals surface area (Å²) in [5.74, 6) is 0.226. The van der Waals surface area contributed by atoms with Crippen LogP contribution in [0.3, 0.4) is 0 Å². The summed E-state index contributed by atoms with van der Waals surface area (Å²) in [7, 11) is 0. The van der Waals surface area contributed by atoms with Crippen molar-refractivity contribution >= 4 is 56.6 Å². The van der Waals surface area contributed by atoms with Crippen LogP contribution in [0.5, 0.6) is 5.75 Å². The van der Waals surface area contributed by atoms with Gasteiger partial charge in [0.15, 0.2) is 5.75 Å². The second-order valence-electron chi connectivity index (χ2n) is 13.7. The van der Waals surface area contributed by atoms with Crippen LogP contribution < -0.4 is 0 Å². The van der Waals surface area contributed by atoms with Gasteiger partial charge in [-0.25, -0.2) is 0 Å². The van der Waals surface area contributed by atoms with E-state index < -0.39 is 0 Å². The Bertz CT molecular complexity index is 2580. The Morgan fingerprint density at radius 1 is 0.596 bits per heavy atom. The van der Waals surface area contributed by atoms with Gasteiger partial charge in [0.1, 0.15) is 0 Å². The molecule has 2 aromatic heterocycles. The molecule has 0 aliphatic heterocycles. The molecule has 2 heterocycles. The predicted molar refractivity (Wildman–Crippen MR) is 215 cm³/mol. The average Bonchev–Trinajstić information content (AvgIpc) is 3.67. The van der Waals surface area contributed by atoms with Crippen molar-refractivity contribution in [3.05, 3.63) is 139 Å². The number of hydrogen-bond acceptors (Lipinski definition) is 4. The summed E-state index contributed by atoms with van der Waals surface area (Å²) in [6, 6.07) is 30.5. The van der Waals surface area contributed by atoms with Crippen LogP contribution in [0.15, 0.2) is 95.5 Å². The number of aryl methyl sites for hydroxylation is 6. The predicted octanol–water partition coefficient (Wildman–Crippen LogP) is 13.4. The second kappa shape index (κ2) is 12.9. The van der Waals surface area contributed by atoms with E-state index in [1.54, 1.807) is 30.3 Å². The van der Waals surface area contributed by atoms with Crippen molar-refractivity contribution < 1.29 is 9.63 Å². The fourth-order valence-electron chi connectivity index (χ4n) is 7.93. The smallest absolute Gasteiger partial charge is 0.261 e. The summed E-state index contributed by atoms with van der Waals surface area (Å²) in [6.07, 6.45) is 0. The largest absolute Gasteiger partial charge is 0.505 e. The van der Waals surface area contributed by atoms with Crippen LogP contribution in [0, 0.1) is 41.5 Å². The third-order valence-electron chi connectivity index (χ3n) is 9.84. The molecule has 0 unspecified atom stereocenters. The number of fused-ring (bicyclic) bond motifs is 3. The highest BCUT2D eigenvalue weighted by Crippen LogP contribution is 2.44. The standard InChI is InChI=1S/C44H34Cl3N3O2/c1-22-14-24(3)39(25(4)15-22)28-10-12-36-31(18-28)32-19-29(40-26(5)16-23(2)17-27(40)6)11-13-37(32)50(36)38-21-30(45)20-33(42(38)51)43-48-44(52-49-43)41-34(46)8-7-9-35(41)47/h7-21,51H,1-6H3. The van der Waals surface area contributed by atoms with E-state index >= 15 is 0 Å². The summed E-state index contributed by atoms with van der Waals surface area (Å²) in [4.78, 5) is 4.58. The first kappa shape index (κ1) is 34.0. The first-order chi connectivity index (χ1) is 24.9. The lowest BCUT2D eigenvalue weighted by Crippen LogP contribution is -1.97. The maximum absolute atomic E-state index is 12.1. The van der Waals surface area contributed by atoms with E-state index in [2.05, 4.69) is 117 Å². The molecule has 0 amide bonds. The summed E-state index contributed by atoms with van der Waals surface area (Å²) in [5.41, 5.74) is 15.1. The van der Waals surface area contributed by atoms with Crippen molar-refractivity contribution in [2.75, 3.05) is 0 Å². The van der Waals surface area contributed by atoms with E-state index in [1.807, 2.05) is 0 Å². The fraction of sp³-hybridized carbons (Fsp3) is 0.136. The van der Waals surface area contributed by atoms with Crippen molar-refractivity contribution in [3.8, 4) is 56.5 Å². The Morgan fingerprint density at radius 2 is 1.10 bits per heavy atom. The van der Waals surface area contributed by atoms with Crippen LogP contribution in [0.2, 0.25) is 15.1 Å². The first-order valence-corrected chi connectivity index (χ1v) is 18.1. The van der Waals surface area contributed by atoms with Gasteiger partial charge in [0.25, 0.3) is 5.89 Å². The van der Waals surface area contributed by atoms with E-state index in [0.29, 0.717) is 31.9 Å². The van der Waals surface area contributed by atoms with Gasteiger partial charge in [-0.2, -0.15) is 4.98 Å². The monoisotopic (exact) mass is 741 g/mol. The molecular formula is C44H34Cl3N3O2. The highest BCUT2D eigenvalue weighted by Gasteiger charge is 2.24. The minimum atomic E-state index is -0.0515. The molecule has 5 nitrogen and oxygen atoms in total. The molecule has 8 heteroatoms. The summed E-state index contributed by atoms with van der Waals surface area (Å²) in [5, 5.41) is 19.5. The molecule has 0 bridgehead atoms. The van der Waals surface area contributed by atoms with Gasteiger partial charge < -0.3 is 14.2 Å². The van der Waals surface area contributed by atoms with Crippen molar-refractivity contribution in [2.24, 2.45) is 0 Å². The Balaban J connectivity index is 1.38. The van der Waals surface area contributed by atoms with Crippen LogP contribution in [0.25, 0.3) is 72.6 Å². The molecule has 0 saturated carbocycles. The lowest BCUT2D eigenvalue weighted by Gasteiger charge is -2.14. The number of aromatic hydroxyl groups is 1. The molecule has 8 rings (SSSR count). The number of aromatic nitrogens is 3. The molecule has 8 aromatic rings. The van der Waals surface area contributed by atoms with Crippen molar-refractivity contribution in [2.45, 2.75) is 41.5 Å². The molecule has 0 saturated heterocycles. The Morgan fingerprint density at radius 3 is 1.60 bits per heavy atom. The molecule has 258 valence electrons. The van der Waals surface area contributed by atoms with Crippen molar-refractivity contribution in [1.82, 2.24) is 14.7 Å². The second-order valence-corrected chi connectivity index (χ2v) is 14.9. The Kier molecular flexibility index (Phi) is 8.41. The highest BCUT2D eigenvalue weighted by molar-refractivity contribution is 6.39. The number of benzene rings is 6. The highest BCUT2D eigenvalue weighted by atomic mass is 35.5. The number of halogens is 3. The SMILES string of the molecule is Cc1cc(C)c(-c2ccc3c(c2)c2cc(-c4c(C)cc(C)cc4C)ccc2n3-c2cc(Cl)cc(-c3noc(-c4c(Cl)cccc4Cl)n3)c2O)c(C)c1. The van der Waals surface area contributed by atoms with Crippen LogP contribution >= 0.6 is 34.8 Å². The number of nitrogens with zero attached hydrogens (tertiary/aromatic N) is 3. The fourth-order valence-corrected chi connectivity index (χ4v) is 8.70. The molecule has 0 radical (unpaired) electrons. The van der Waals surface area contributed by atoms with E-state index in [9.17, 15) is 5.11 Å². The topological polar surface area (TPSA) is 64.1 Å². The molecule has 0 spiro atoms. The summed E-state index contributed by atoms with van der Waals surface area (Å²) >= 11 is 19.7. The maximum atomic E-state index is 12.1. The van der Waals surface area contributed by atoms with Gasteiger partial charge in [-0.15, -0.1) is 0 Å². The molecule has 0 aliphatic rings. The number of rotatable bonds is 5. The van der Waals surface area contributed by atoms with Gasteiger partial charge >= 0.3 is 0 Å². The first-order valence-electron chi connectivity index (χ1n) is 17.0. The van der Waals surface area contributed by atoms with E-state index in [4.69, 9.17) is 39.3 Å². The van der Waals surface area contributed by atoms with Gasteiger partial charge in [0.05, 0.1) is 37.9 Å². The normalized spacial score (nSPS) is 11.6. The third-order valence-corrected chi connectivity index (χ3v) is 10.7. The zero-order valence-electron chi connectivity index (χ0n) is 29.5. The van der Waals surface area contributed by atoms with Gasteiger partial charge in [0, 0.05) is 15.8 Å². The molecule has 0 fully saturated rings. The van der Waals surface area contributed by atoms with Gasteiger partial charge in [0.2, 0.25) is 5.82 Å². The summed E-state index contributed by atoms with van der Waals surface area (Å²) < 4.78 is 7.66. The molecule has 0 atom stereocenters. The van der Waals surface area contributed by atoms with Crippen molar-refractivity contribution in [1.29, 1.82) is 0 Å². The van der Waals surface area contributed by atoms with Crippen LogP contribution in [0.4, 0.5) is 0 Å². The molecule has 0 aliphatic carbocycles. The number of phenolic OH excluding ortho intramolecular Hbond substituents is 1. The molecule has 52 heavy (non-hydrogen) atoms. The van der Waals surface area contributed by atoms with E-state index in [1.165, 1.54) is 44.5 Å². The van der Waals surface area contributed by atoms with Gasteiger partial charge in [-0.3, -0.25) is 0 Å². The lowest BCUT2D eigenvalue weighted by molar-refractivity contribution is 0.431. The van der Waals surface area contributed by atoms with E-state index in [-0.39, 0.29) is 17.5 Å². The maximum Gasteiger partial charge on any atom is 0.261 e. The molecule has 1 N–H and O–H groups in total. The van der Waals surface area contributed by atoms with Crippen LogP contribution in [0.1, 0.15) is 33.4 Å². The quantitative estimate of drug-likeness (QED) is 0.191. The zero-order chi connectivity index (χ0) is 36.6. The van der Waals surface area contributed by atoms with Crippen molar-refractivity contribution in [3.63, 3.8) is 0 Å². The summed E-state index contributed by atoms with van der Waals surface area (Å²) in [6.45, 7) is 12.9. The van der Waals surface area contributed by atoms with Crippen LogP contribution in [-0.4, -0.2) is 19.8 Å². The average molecular weight is 743 g/mol. The minimum Gasteiger partial charge on any atom is -0.505 e. The Labute approximate surface area is 317 Å². The number of phenols is 1. The minimum absolute atomic E-state index is 0.0515. The van der Waals surface area contributed by atoms with E-state index in [0.717, 1.165) is 32.9 Å². The van der Waals surface area contributed by atoms with Gasteiger partial charge in [-0.1, -0.05) is 93.6 Å². The van der Waals surface area contributed by atoms with Gasteiger partial charge in [-0.05, 0) is 135 Å². The molecular weight excluding hydrogens is 709 g/mol.